The Balaban J connectivity index is 2.28. The van der Waals surface area contributed by atoms with E-state index in [1.165, 1.54) is 0 Å². The molecular weight excluding hydrogens is 311 g/mol. The number of halogens is 3. The van der Waals surface area contributed by atoms with Crippen molar-refractivity contribution in [1.82, 2.24) is 19.6 Å². The molecule has 2 rings (SSSR count). The van der Waals surface area contributed by atoms with Crippen LogP contribution in [0.5, 0.6) is 0 Å². The van der Waals surface area contributed by atoms with Gasteiger partial charge in [0.25, 0.3) is 11.6 Å². The van der Waals surface area contributed by atoms with Crippen molar-refractivity contribution in [3.05, 3.63) is 17.6 Å². The zero-order valence-corrected chi connectivity index (χ0v) is 13.5. The van der Waals surface area contributed by atoms with Crippen molar-refractivity contribution in [2.24, 2.45) is 5.41 Å². The van der Waals surface area contributed by atoms with Gasteiger partial charge < -0.3 is 10.1 Å². The fourth-order valence-electron chi connectivity index (χ4n) is 2.03. The molecule has 0 amide bonds. The lowest BCUT2D eigenvalue weighted by molar-refractivity contribution is -0.144. The molecule has 0 aliphatic carbocycles. The normalized spacial score (nSPS) is 12.8. The summed E-state index contributed by atoms with van der Waals surface area (Å²) in [6.45, 7) is 6.96. The highest BCUT2D eigenvalue weighted by atomic mass is 19.4. The summed E-state index contributed by atoms with van der Waals surface area (Å²) in [6.07, 6.45) is -3.79. The minimum Gasteiger partial charge on any atom is -0.385 e. The molecule has 0 aliphatic rings. The monoisotopic (exact) mass is 331 g/mol. The van der Waals surface area contributed by atoms with Crippen LogP contribution in [0.2, 0.25) is 0 Å². The summed E-state index contributed by atoms with van der Waals surface area (Å²) in [5, 5.41) is 6.66. The first kappa shape index (κ1) is 17.5. The van der Waals surface area contributed by atoms with Gasteiger partial charge in [-0.25, -0.2) is 4.98 Å². The summed E-state index contributed by atoms with van der Waals surface area (Å²) in [7, 11) is 1.63. The number of fused-ring (bicyclic) bond motifs is 1. The second kappa shape index (κ2) is 6.31. The van der Waals surface area contributed by atoms with Crippen molar-refractivity contribution in [1.29, 1.82) is 0 Å². The van der Waals surface area contributed by atoms with Crippen molar-refractivity contribution in [3.8, 4) is 0 Å². The summed E-state index contributed by atoms with van der Waals surface area (Å²) in [5.74, 6) is -0.840. The fourth-order valence-corrected chi connectivity index (χ4v) is 2.03. The molecule has 0 saturated carbocycles. The summed E-state index contributed by atoms with van der Waals surface area (Å²) in [6, 6.07) is 1.65. The molecule has 0 unspecified atom stereocenters. The van der Waals surface area contributed by atoms with E-state index in [2.05, 4.69) is 20.4 Å². The molecule has 23 heavy (non-hydrogen) atoms. The second-order valence-electron chi connectivity index (χ2n) is 6.19. The predicted molar refractivity (Wildman–Crippen MR) is 79.3 cm³/mol. The van der Waals surface area contributed by atoms with E-state index in [4.69, 9.17) is 4.74 Å². The van der Waals surface area contributed by atoms with Crippen LogP contribution in [0.1, 0.15) is 31.8 Å². The summed E-state index contributed by atoms with van der Waals surface area (Å²) < 4.78 is 44.5. The number of alkyl halides is 3. The Morgan fingerprint density at radius 3 is 2.57 bits per heavy atom. The van der Waals surface area contributed by atoms with Gasteiger partial charge in [-0.15, -0.1) is 5.10 Å². The summed E-state index contributed by atoms with van der Waals surface area (Å²) in [4.78, 5) is 7.45. The van der Waals surface area contributed by atoms with E-state index >= 15 is 0 Å². The van der Waals surface area contributed by atoms with Gasteiger partial charge in [-0.1, -0.05) is 13.8 Å². The Labute approximate surface area is 132 Å². The maximum absolute atomic E-state index is 12.8. The lowest BCUT2D eigenvalue weighted by atomic mass is 9.90. The lowest BCUT2D eigenvalue weighted by Crippen LogP contribution is -2.25. The van der Waals surface area contributed by atoms with Gasteiger partial charge >= 0.3 is 6.18 Å². The first-order valence-corrected chi connectivity index (χ1v) is 7.17. The minimum atomic E-state index is -4.60. The van der Waals surface area contributed by atoms with E-state index in [9.17, 15) is 13.2 Å². The zero-order valence-electron chi connectivity index (χ0n) is 13.5. The van der Waals surface area contributed by atoms with E-state index in [0.717, 1.165) is 10.9 Å². The van der Waals surface area contributed by atoms with Crippen molar-refractivity contribution >= 4 is 11.6 Å². The lowest BCUT2D eigenvalue weighted by Gasteiger charge is -2.25. The molecule has 128 valence electrons. The number of nitrogens with one attached hydrogen (secondary N) is 1. The molecule has 0 aliphatic heterocycles. The van der Waals surface area contributed by atoms with Crippen molar-refractivity contribution in [3.63, 3.8) is 0 Å². The molecule has 1 N–H and O–H groups in total. The number of rotatable bonds is 6. The van der Waals surface area contributed by atoms with Crippen LogP contribution in [0.4, 0.5) is 19.0 Å². The molecular formula is C14H20F3N5O. The topological polar surface area (TPSA) is 64.3 Å². The molecule has 0 radical (unpaired) electrons. The van der Waals surface area contributed by atoms with E-state index in [1.807, 2.05) is 13.8 Å². The van der Waals surface area contributed by atoms with Gasteiger partial charge in [0.2, 0.25) is 0 Å². The molecule has 0 aromatic carbocycles. The van der Waals surface area contributed by atoms with Crippen LogP contribution in [-0.2, 0) is 10.9 Å². The van der Waals surface area contributed by atoms with Gasteiger partial charge in [-0.2, -0.15) is 22.7 Å². The minimum absolute atomic E-state index is 0.0745. The molecule has 0 spiro atoms. The van der Waals surface area contributed by atoms with Crippen LogP contribution >= 0.6 is 0 Å². The first-order chi connectivity index (χ1) is 10.6. The highest BCUT2D eigenvalue weighted by molar-refractivity contribution is 5.45. The van der Waals surface area contributed by atoms with Crippen LogP contribution in [0, 0.1) is 12.3 Å². The van der Waals surface area contributed by atoms with Gasteiger partial charge in [-0.3, -0.25) is 0 Å². The molecule has 0 atom stereocenters. The van der Waals surface area contributed by atoms with Gasteiger partial charge in [-0.05, 0) is 18.8 Å². The SMILES string of the molecule is COCCC(C)(C)CNc1cc(C)nc2nc(C(F)(F)F)nn12. The molecule has 2 aromatic rings. The Morgan fingerprint density at radius 1 is 1.26 bits per heavy atom. The van der Waals surface area contributed by atoms with E-state index in [0.29, 0.717) is 24.7 Å². The molecule has 0 fully saturated rings. The average Bonchev–Trinajstić information content (AvgIpc) is 2.86. The number of aromatic nitrogens is 4. The smallest absolute Gasteiger partial charge is 0.385 e. The molecule has 2 heterocycles. The third-order valence-corrected chi connectivity index (χ3v) is 3.42. The third-order valence-electron chi connectivity index (χ3n) is 3.42. The van der Waals surface area contributed by atoms with E-state index in [1.54, 1.807) is 20.1 Å². The Hall–Kier alpha value is -1.90. The number of hydrogen-bond acceptors (Lipinski definition) is 5. The number of ether oxygens (including phenoxy) is 1. The number of aryl methyl sites for hydroxylation is 1. The molecule has 6 nitrogen and oxygen atoms in total. The second-order valence-corrected chi connectivity index (χ2v) is 6.19. The van der Waals surface area contributed by atoms with Crippen LogP contribution in [0.3, 0.4) is 0 Å². The summed E-state index contributed by atoms with van der Waals surface area (Å²) in [5.41, 5.74) is 0.475. The van der Waals surface area contributed by atoms with Gasteiger partial charge in [0.05, 0.1) is 0 Å². The Morgan fingerprint density at radius 2 is 1.96 bits per heavy atom. The van der Waals surface area contributed by atoms with Crippen molar-refractivity contribution < 1.29 is 17.9 Å². The maximum Gasteiger partial charge on any atom is 0.453 e. The third kappa shape index (κ3) is 4.31. The van der Waals surface area contributed by atoms with E-state index < -0.39 is 12.0 Å². The van der Waals surface area contributed by atoms with Crippen molar-refractivity contribution in [2.45, 2.75) is 33.4 Å². The highest BCUT2D eigenvalue weighted by Crippen LogP contribution is 2.27. The average molecular weight is 331 g/mol. The largest absolute Gasteiger partial charge is 0.453 e. The fraction of sp³-hybridized carbons (Fsp3) is 0.643. The molecule has 9 heteroatoms. The first-order valence-electron chi connectivity index (χ1n) is 7.17. The molecule has 0 saturated heterocycles. The molecule has 0 bridgehead atoms. The van der Waals surface area contributed by atoms with Crippen LogP contribution < -0.4 is 5.32 Å². The quantitative estimate of drug-likeness (QED) is 0.882. The maximum atomic E-state index is 12.8. The van der Waals surface area contributed by atoms with E-state index in [-0.39, 0.29) is 11.2 Å². The van der Waals surface area contributed by atoms with Gasteiger partial charge in [0.1, 0.15) is 5.82 Å². The Bertz CT molecular complexity index is 681. The van der Waals surface area contributed by atoms with Gasteiger partial charge in [0, 0.05) is 32.0 Å². The standard InChI is InChI=1S/C14H20F3N5O/c1-9-7-10(18-8-13(2,3)5-6-23-4)22-12(19-9)20-11(21-22)14(15,16)17/h7,18H,5-6,8H2,1-4H3. The Kier molecular flexibility index (Phi) is 4.79. The van der Waals surface area contributed by atoms with Crippen LogP contribution in [-0.4, -0.2) is 39.8 Å². The number of nitrogens with zero attached hydrogens (tertiary/aromatic N) is 4. The number of methoxy groups -OCH3 is 1. The summed E-state index contributed by atoms with van der Waals surface area (Å²) >= 11 is 0. The zero-order chi connectivity index (χ0) is 17.3. The van der Waals surface area contributed by atoms with Crippen molar-refractivity contribution in [2.75, 3.05) is 25.6 Å². The molecule has 2 aromatic heterocycles. The van der Waals surface area contributed by atoms with Crippen LogP contribution in [0.15, 0.2) is 6.07 Å². The predicted octanol–water partition coefficient (Wildman–Crippen LogP) is 2.93. The number of anilines is 1. The van der Waals surface area contributed by atoms with Crippen LogP contribution in [0.25, 0.3) is 5.78 Å². The highest BCUT2D eigenvalue weighted by Gasteiger charge is 2.36. The van der Waals surface area contributed by atoms with Gasteiger partial charge in [0.15, 0.2) is 0 Å². The number of hydrogen-bond donors (Lipinski definition) is 1.